The number of hydrogen-bond acceptors (Lipinski definition) is 3. The topological polar surface area (TPSA) is 66.5 Å². The lowest BCUT2D eigenvalue weighted by molar-refractivity contribution is 0.0736. The lowest BCUT2D eigenvalue weighted by Gasteiger charge is -2.25. The van der Waals surface area contributed by atoms with Crippen molar-refractivity contribution in [3.63, 3.8) is 0 Å². The van der Waals surface area contributed by atoms with E-state index in [9.17, 15) is 17.6 Å². The van der Waals surface area contributed by atoms with Gasteiger partial charge in [-0.15, -0.1) is 0 Å². The van der Waals surface area contributed by atoms with E-state index in [2.05, 4.69) is 4.72 Å². The van der Waals surface area contributed by atoms with Crippen LogP contribution in [0.2, 0.25) is 0 Å². The highest BCUT2D eigenvalue weighted by molar-refractivity contribution is 7.92. The third kappa shape index (κ3) is 4.77. The number of halogens is 1. The molecule has 3 aromatic carbocycles. The van der Waals surface area contributed by atoms with Crippen LogP contribution in [0.25, 0.3) is 0 Å². The summed E-state index contributed by atoms with van der Waals surface area (Å²) in [5, 5.41) is 0. The van der Waals surface area contributed by atoms with Crippen molar-refractivity contribution in [3.05, 3.63) is 95.8 Å². The summed E-state index contributed by atoms with van der Waals surface area (Å²) in [4.78, 5) is 14.9. The van der Waals surface area contributed by atoms with Gasteiger partial charge in [0.1, 0.15) is 5.82 Å². The molecule has 0 spiro atoms. The van der Waals surface area contributed by atoms with Crippen LogP contribution < -0.4 is 4.72 Å². The van der Waals surface area contributed by atoms with Crippen LogP contribution in [0, 0.1) is 5.82 Å². The van der Waals surface area contributed by atoms with Crippen molar-refractivity contribution in [1.29, 1.82) is 0 Å². The third-order valence-electron chi connectivity index (χ3n) is 5.46. The Morgan fingerprint density at radius 1 is 1.00 bits per heavy atom. The quantitative estimate of drug-likeness (QED) is 0.617. The van der Waals surface area contributed by atoms with Crippen LogP contribution in [-0.2, 0) is 16.4 Å². The molecule has 0 aromatic heterocycles. The van der Waals surface area contributed by atoms with Gasteiger partial charge in [-0.25, -0.2) is 12.8 Å². The van der Waals surface area contributed by atoms with Gasteiger partial charge in [0.25, 0.3) is 15.9 Å². The zero-order valence-electron chi connectivity index (χ0n) is 16.9. The Morgan fingerprint density at radius 3 is 2.52 bits per heavy atom. The van der Waals surface area contributed by atoms with Gasteiger partial charge in [-0.05, 0) is 55.2 Å². The Kier molecular flexibility index (Phi) is 6.04. The van der Waals surface area contributed by atoms with Crippen molar-refractivity contribution in [2.75, 3.05) is 11.3 Å². The van der Waals surface area contributed by atoms with E-state index in [1.807, 2.05) is 35.2 Å². The predicted octanol–water partition coefficient (Wildman–Crippen LogP) is 4.47. The number of carbonyl (C=O) groups is 1. The summed E-state index contributed by atoms with van der Waals surface area (Å²) in [5.41, 5.74) is 1.33. The number of para-hydroxylation sites is 1. The molecule has 3 aromatic rings. The van der Waals surface area contributed by atoms with Gasteiger partial charge in [-0.1, -0.05) is 48.5 Å². The zero-order chi connectivity index (χ0) is 21.8. The molecule has 1 atom stereocenters. The predicted molar refractivity (Wildman–Crippen MR) is 118 cm³/mol. The second kappa shape index (κ2) is 8.89. The SMILES string of the molecule is O=C(c1cccc(S(=O)(=O)Nc2ccccc2F)c1)N1CCC[C@@H]1Cc1ccccc1. The summed E-state index contributed by atoms with van der Waals surface area (Å²) in [7, 11) is -4.04. The first-order chi connectivity index (χ1) is 14.9. The fourth-order valence-corrected chi connectivity index (χ4v) is 5.02. The molecule has 0 aliphatic carbocycles. The number of rotatable bonds is 6. The smallest absolute Gasteiger partial charge is 0.262 e. The van der Waals surface area contributed by atoms with Gasteiger partial charge in [0.15, 0.2) is 0 Å². The van der Waals surface area contributed by atoms with E-state index in [0.717, 1.165) is 24.8 Å². The summed E-state index contributed by atoms with van der Waals surface area (Å²) in [6.07, 6.45) is 2.59. The minimum Gasteiger partial charge on any atom is -0.335 e. The largest absolute Gasteiger partial charge is 0.335 e. The highest BCUT2D eigenvalue weighted by Crippen LogP contribution is 2.25. The van der Waals surface area contributed by atoms with Gasteiger partial charge < -0.3 is 4.90 Å². The van der Waals surface area contributed by atoms with E-state index in [4.69, 9.17) is 0 Å². The van der Waals surface area contributed by atoms with Gasteiger partial charge >= 0.3 is 0 Å². The van der Waals surface area contributed by atoms with Crippen LogP contribution in [0.1, 0.15) is 28.8 Å². The Balaban J connectivity index is 1.54. The fraction of sp³-hybridized carbons (Fsp3) is 0.208. The molecule has 0 saturated carbocycles. The maximum Gasteiger partial charge on any atom is 0.262 e. The van der Waals surface area contributed by atoms with Crippen molar-refractivity contribution in [2.45, 2.75) is 30.2 Å². The van der Waals surface area contributed by atoms with Crippen LogP contribution in [0.15, 0.2) is 83.8 Å². The van der Waals surface area contributed by atoms with Crippen molar-refractivity contribution < 1.29 is 17.6 Å². The minimum absolute atomic E-state index is 0.0757. The Bertz CT molecular complexity index is 1180. The molecule has 1 fully saturated rings. The average molecular weight is 439 g/mol. The molecule has 1 saturated heterocycles. The van der Waals surface area contributed by atoms with Crippen LogP contribution in [0.3, 0.4) is 0 Å². The molecule has 1 aliphatic rings. The van der Waals surface area contributed by atoms with Gasteiger partial charge in [-0.2, -0.15) is 0 Å². The summed E-state index contributed by atoms with van der Waals surface area (Å²) in [5.74, 6) is -0.861. The van der Waals surface area contributed by atoms with Gasteiger partial charge in [-0.3, -0.25) is 9.52 Å². The lowest BCUT2D eigenvalue weighted by Crippen LogP contribution is -2.36. The Hall–Kier alpha value is -3.19. The molecule has 1 N–H and O–H groups in total. The van der Waals surface area contributed by atoms with Crippen LogP contribution >= 0.6 is 0 Å². The second-order valence-electron chi connectivity index (χ2n) is 7.60. The average Bonchev–Trinajstić information content (AvgIpc) is 3.23. The monoisotopic (exact) mass is 438 g/mol. The molecular weight excluding hydrogens is 415 g/mol. The first kappa shape index (κ1) is 21.1. The molecule has 160 valence electrons. The van der Waals surface area contributed by atoms with Gasteiger partial charge in [0.2, 0.25) is 0 Å². The normalized spacial score (nSPS) is 16.3. The first-order valence-corrected chi connectivity index (χ1v) is 11.6. The number of anilines is 1. The molecule has 0 radical (unpaired) electrons. The number of benzene rings is 3. The molecule has 1 amide bonds. The number of sulfonamides is 1. The molecule has 4 rings (SSSR count). The van der Waals surface area contributed by atoms with Crippen molar-refractivity contribution in [3.8, 4) is 0 Å². The maximum atomic E-state index is 13.9. The van der Waals surface area contributed by atoms with Gasteiger partial charge in [0.05, 0.1) is 10.6 Å². The molecule has 0 unspecified atom stereocenters. The number of amides is 1. The summed E-state index contributed by atoms with van der Waals surface area (Å²) in [6.45, 7) is 0.640. The van der Waals surface area contributed by atoms with E-state index in [0.29, 0.717) is 12.1 Å². The number of hydrogen-bond donors (Lipinski definition) is 1. The summed E-state index contributed by atoms with van der Waals surface area (Å²) < 4.78 is 41.6. The summed E-state index contributed by atoms with van der Waals surface area (Å²) in [6, 6.07) is 21.5. The fourth-order valence-electron chi connectivity index (χ4n) is 3.91. The highest BCUT2D eigenvalue weighted by atomic mass is 32.2. The molecule has 5 nitrogen and oxygen atoms in total. The number of nitrogens with zero attached hydrogens (tertiary/aromatic N) is 1. The van der Waals surface area contributed by atoms with E-state index in [-0.39, 0.29) is 22.5 Å². The molecule has 31 heavy (non-hydrogen) atoms. The van der Waals surface area contributed by atoms with Gasteiger partial charge in [0, 0.05) is 18.2 Å². The third-order valence-corrected chi connectivity index (χ3v) is 6.82. The number of nitrogens with one attached hydrogen (secondary N) is 1. The molecule has 0 bridgehead atoms. The number of carbonyl (C=O) groups excluding carboxylic acids is 1. The van der Waals surface area contributed by atoms with E-state index >= 15 is 0 Å². The van der Waals surface area contributed by atoms with Crippen LogP contribution in [0.5, 0.6) is 0 Å². The molecular formula is C24H23FN2O3S. The Labute approximate surface area is 181 Å². The number of likely N-dealkylation sites (tertiary alicyclic amines) is 1. The van der Waals surface area contributed by atoms with Crippen LogP contribution in [0.4, 0.5) is 10.1 Å². The van der Waals surface area contributed by atoms with Crippen molar-refractivity contribution in [2.24, 2.45) is 0 Å². The Morgan fingerprint density at radius 2 is 1.74 bits per heavy atom. The molecule has 1 aliphatic heterocycles. The summed E-state index contributed by atoms with van der Waals surface area (Å²) >= 11 is 0. The minimum atomic E-state index is -4.04. The van der Waals surface area contributed by atoms with Crippen LogP contribution in [-0.4, -0.2) is 31.8 Å². The van der Waals surface area contributed by atoms with E-state index in [1.165, 1.54) is 36.4 Å². The highest BCUT2D eigenvalue weighted by Gasteiger charge is 2.30. The van der Waals surface area contributed by atoms with Crippen molar-refractivity contribution in [1.82, 2.24) is 4.90 Å². The second-order valence-corrected chi connectivity index (χ2v) is 9.28. The molecule has 7 heteroatoms. The standard InChI is InChI=1S/C24H23FN2O3S/c25-22-13-4-5-14-23(22)26-31(29,30)21-12-6-10-19(17-21)24(28)27-15-7-11-20(27)16-18-8-2-1-3-9-18/h1-6,8-10,12-14,17,20,26H,7,11,15-16H2/t20-/m1/s1. The first-order valence-electron chi connectivity index (χ1n) is 10.2. The lowest BCUT2D eigenvalue weighted by atomic mass is 10.0. The zero-order valence-corrected chi connectivity index (χ0v) is 17.7. The maximum absolute atomic E-state index is 13.9. The van der Waals surface area contributed by atoms with Crippen molar-refractivity contribution >= 4 is 21.6 Å². The van der Waals surface area contributed by atoms with E-state index in [1.54, 1.807) is 12.1 Å². The van der Waals surface area contributed by atoms with E-state index < -0.39 is 15.8 Å². The molecule has 1 heterocycles.